The van der Waals surface area contributed by atoms with Crippen LogP contribution in [0.1, 0.15) is 30.3 Å². The van der Waals surface area contributed by atoms with Crippen LogP contribution in [0.5, 0.6) is 0 Å². The summed E-state index contributed by atoms with van der Waals surface area (Å²) in [6, 6.07) is 7.64. The van der Waals surface area contributed by atoms with Crippen molar-refractivity contribution >= 4 is 10.9 Å². The number of hydrogen-bond acceptors (Lipinski definition) is 6. The highest BCUT2D eigenvalue weighted by Gasteiger charge is 2.30. The van der Waals surface area contributed by atoms with Crippen LogP contribution in [0.25, 0.3) is 10.9 Å². The Morgan fingerprint density at radius 2 is 2.04 bits per heavy atom. The molecule has 0 amide bonds. The number of nitrogens with zero attached hydrogens (tertiary/aromatic N) is 5. The first-order chi connectivity index (χ1) is 13.3. The Hall–Kier alpha value is -2.64. The van der Waals surface area contributed by atoms with Gasteiger partial charge in [0.2, 0.25) is 0 Å². The first kappa shape index (κ1) is 17.8. The molecular weight excluding hydrogens is 342 g/mol. The molecule has 3 aromatic rings. The fourth-order valence-corrected chi connectivity index (χ4v) is 3.79. The largest absolute Gasteiger partial charge is 0.383 e. The zero-order chi connectivity index (χ0) is 18.6. The second-order valence-corrected chi connectivity index (χ2v) is 6.81. The molecule has 1 aromatic carbocycles. The summed E-state index contributed by atoms with van der Waals surface area (Å²) in [5.41, 5.74) is 1.82. The van der Waals surface area contributed by atoms with Crippen molar-refractivity contribution in [2.75, 3.05) is 20.3 Å². The third kappa shape index (κ3) is 3.61. The molecule has 0 radical (unpaired) electrons. The number of para-hydroxylation sites is 1. The Bertz CT molecular complexity index is 973. The van der Waals surface area contributed by atoms with Gasteiger partial charge in [-0.15, -0.1) is 0 Å². The number of aromatic nitrogens is 4. The van der Waals surface area contributed by atoms with E-state index in [0.29, 0.717) is 18.5 Å². The lowest BCUT2D eigenvalue weighted by atomic mass is 10.1. The molecule has 3 heterocycles. The molecule has 1 aliphatic heterocycles. The fraction of sp³-hybridized carbons (Fsp3) is 0.400. The first-order valence-corrected chi connectivity index (χ1v) is 9.24. The van der Waals surface area contributed by atoms with E-state index < -0.39 is 0 Å². The number of hydrogen-bond donors (Lipinski definition) is 0. The number of ether oxygens (including phenoxy) is 1. The summed E-state index contributed by atoms with van der Waals surface area (Å²) in [5.74, 6) is 0.824. The maximum atomic E-state index is 13.1. The van der Waals surface area contributed by atoms with Crippen LogP contribution in [0, 0.1) is 0 Å². The molecule has 1 fully saturated rings. The van der Waals surface area contributed by atoms with Crippen molar-refractivity contribution in [3.63, 3.8) is 0 Å². The lowest BCUT2D eigenvalue weighted by Crippen LogP contribution is -2.33. The van der Waals surface area contributed by atoms with Gasteiger partial charge in [-0.1, -0.05) is 12.1 Å². The van der Waals surface area contributed by atoms with Gasteiger partial charge in [0.05, 0.1) is 30.1 Å². The molecule has 7 nitrogen and oxygen atoms in total. The number of benzene rings is 1. The van der Waals surface area contributed by atoms with Crippen LogP contribution in [-0.4, -0.2) is 44.7 Å². The van der Waals surface area contributed by atoms with E-state index in [1.807, 2.05) is 36.7 Å². The minimum atomic E-state index is 0.00236. The summed E-state index contributed by atoms with van der Waals surface area (Å²) in [6.07, 6.45) is 7.28. The second kappa shape index (κ2) is 7.94. The maximum absolute atomic E-state index is 13.1. The van der Waals surface area contributed by atoms with Crippen LogP contribution in [-0.2, 0) is 17.8 Å². The Kier molecular flexibility index (Phi) is 5.22. The molecular formula is C20H23N5O2. The van der Waals surface area contributed by atoms with Crippen molar-refractivity contribution in [3.8, 4) is 0 Å². The third-order valence-electron chi connectivity index (χ3n) is 5.07. The van der Waals surface area contributed by atoms with Gasteiger partial charge >= 0.3 is 0 Å². The smallest absolute Gasteiger partial charge is 0.261 e. The van der Waals surface area contributed by atoms with Crippen molar-refractivity contribution in [3.05, 3.63) is 64.7 Å². The molecule has 1 unspecified atom stereocenters. The highest BCUT2D eigenvalue weighted by Crippen LogP contribution is 2.32. The van der Waals surface area contributed by atoms with Crippen LogP contribution >= 0.6 is 0 Å². The maximum Gasteiger partial charge on any atom is 0.261 e. The predicted octanol–water partition coefficient (Wildman–Crippen LogP) is 2.17. The van der Waals surface area contributed by atoms with Gasteiger partial charge in [0.25, 0.3) is 5.56 Å². The monoisotopic (exact) mass is 365 g/mol. The summed E-state index contributed by atoms with van der Waals surface area (Å²) in [7, 11) is 1.65. The standard InChI is InChI=1S/C20H23N5O2/c1-27-10-9-25-19(23-17-6-3-2-5-16(17)20(25)26)18-7-4-8-24(18)13-15-11-21-14-22-12-15/h2-3,5-6,11-12,14,18H,4,7-10,13H2,1H3. The summed E-state index contributed by atoms with van der Waals surface area (Å²) in [6.45, 7) is 2.69. The normalized spacial score (nSPS) is 17.6. The van der Waals surface area contributed by atoms with Gasteiger partial charge in [0.1, 0.15) is 12.2 Å². The first-order valence-electron chi connectivity index (χ1n) is 9.24. The molecule has 4 rings (SSSR count). The van der Waals surface area contributed by atoms with Gasteiger partial charge in [0, 0.05) is 31.6 Å². The molecule has 0 aliphatic carbocycles. The molecule has 2 aromatic heterocycles. The minimum absolute atomic E-state index is 0.00236. The Balaban J connectivity index is 1.75. The average Bonchev–Trinajstić information content (AvgIpc) is 3.16. The van der Waals surface area contributed by atoms with Crippen LogP contribution in [0.3, 0.4) is 0 Å². The molecule has 7 heteroatoms. The van der Waals surface area contributed by atoms with Gasteiger partial charge in [-0.2, -0.15) is 0 Å². The molecule has 0 saturated carbocycles. The molecule has 27 heavy (non-hydrogen) atoms. The number of fused-ring (bicyclic) bond motifs is 1. The lowest BCUT2D eigenvalue weighted by Gasteiger charge is -2.26. The SMILES string of the molecule is COCCn1c(C2CCCN2Cc2cncnc2)nc2ccccc2c1=O. The molecule has 0 N–H and O–H groups in total. The van der Waals surface area contributed by atoms with E-state index in [0.717, 1.165) is 42.8 Å². The third-order valence-corrected chi connectivity index (χ3v) is 5.07. The summed E-state index contributed by atoms with van der Waals surface area (Å²) in [5, 5.41) is 0.651. The van der Waals surface area contributed by atoms with Crippen LogP contribution < -0.4 is 5.56 Å². The van der Waals surface area contributed by atoms with Gasteiger partial charge in [-0.05, 0) is 31.5 Å². The Morgan fingerprint density at radius 3 is 2.85 bits per heavy atom. The van der Waals surface area contributed by atoms with E-state index >= 15 is 0 Å². The van der Waals surface area contributed by atoms with E-state index in [1.54, 1.807) is 11.7 Å². The van der Waals surface area contributed by atoms with Gasteiger partial charge in [0.15, 0.2) is 0 Å². The molecule has 140 valence electrons. The van der Waals surface area contributed by atoms with Gasteiger partial charge < -0.3 is 4.74 Å². The van der Waals surface area contributed by atoms with E-state index in [9.17, 15) is 4.79 Å². The summed E-state index contributed by atoms with van der Waals surface area (Å²) < 4.78 is 7.02. The number of rotatable bonds is 6. The summed E-state index contributed by atoms with van der Waals surface area (Å²) >= 11 is 0. The second-order valence-electron chi connectivity index (χ2n) is 6.81. The zero-order valence-corrected chi connectivity index (χ0v) is 15.4. The summed E-state index contributed by atoms with van der Waals surface area (Å²) in [4.78, 5) is 28.6. The Morgan fingerprint density at radius 1 is 1.22 bits per heavy atom. The Labute approximate surface area is 157 Å². The van der Waals surface area contributed by atoms with Crippen LogP contribution in [0.2, 0.25) is 0 Å². The van der Waals surface area contributed by atoms with Crippen molar-refractivity contribution in [2.24, 2.45) is 0 Å². The van der Waals surface area contributed by atoms with Gasteiger partial charge in [-0.3, -0.25) is 14.3 Å². The zero-order valence-electron chi connectivity index (χ0n) is 15.4. The van der Waals surface area contributed by atoms with Gasteiger partial charge in [-0.25, -0.2) is 15.0 Å². The fourth-order valence-electron chi connectivity index (χ4n) is 3.79. The van der Waals surface area contributed by atoms with Crippen LogP contribution in [0.4, 0.5) is 0 Å². The van der Waals surface area contributed by atoms with Crippen molar-refractivity contribution in [1.29, 1.82) is 0 Å². The van der Waals surface area contributed by atoms with Crippen molar-refractivity contribution in [2.45, 2.75) is 32.0 Å². The van der Waals surface area contributed by atoms with E-state index in [2.05, 4.69) is 14.9 Å². The van der Waals surface area contributed by atoms with E-state index in [1.165, 1.54) is 6.33 Å². The average molecular weight is 365 g/mol. The minimum Gasteiger partial charge on any atom is -0.383 e. The highest BCUT2D eigenvalue weighted by molar-refractivity contribution is 5.77. The molecule has 0 spiro atoms. The van der Waals surface area contributed by atoms with Crippen LogP contribution in [0.15, 0.2) is 47.8 Å². The van der Waals surface area contributed by atoms with Crippen molar-refractivity contribution in [1.82, 2.24) is 24.4 Å². The van der Waals surface area contributed by atoms with Crippen molar-refractivity contribution < 1.29 is 4.74 Å². The lowest BCUT2D eigenvalue weighted by molar-refractivity contribution is 0.178. The predicted molar refractivity (Wildman–Crippen MR) is 102 cm³/mol. The molecule has 1 aliphatic rings. The molecule has 1 saturated heterocycles. The quantitative estimate of drug-likeness (QED) is 0.667. The van der Waals surface area contributed by atoms with E-state index in [-0.39, 0.29) is 11.6 Å². The number of likely N-dealkylation sites (tertiary alicyclic amines) is 1. The molecule has 1 atom stereocenters. The number of methoxy groups -OCH3 is 1. The topological polar surface area (TPSA) is 73.1 Å². The van der Waals surface area contributed by atoms with E-state index in [4.69, 9.17) is 9.72 Å². The molecule has 0 bridgehead atoms. The highest BCUT2D eigenvalue weighted by atomic mass is 16.5.